The van der Waals surface area contributed by atoms with Crippen LogP contribution in [0.5, 0.6) is 0 Å². The molecule has 0 fully saturated rings. The Kier molecular flexibility index (Phi) is 4.39. The van der Waals surface area contributed by atoms with Crippen LogP contribution in [0.2, 0.25) is 0 Å². The fourth-order valence-corrected chi connectivity index (χ4v) is 3.22. The Bertz CT molecular complexity index is 1100. The summed E-state index contributed by atoms with van der Waals surface area (Å²) in [6.07, 6.45) is 3.00. The van der Waals surface area contributed by atoms with Crippen molar-refractivity contribution in [2.24, 2.45) is 0 Å². The lowest BCUT2D eigenvalue weighted by Crippen LogP contribution is -2.16. The topological polar surface area (TPSA) is 90.0 Å². The van der Waals surface area contributed by atoms with Gasteiger partial charge in [-0.15, -0.1) is 0 Å². The van der Waals surface area contributed by atoms with E-state index in [1.807, 2.05) is 30.3 Å². The highest BCUT2D eigenvalue weighted by Crippen LogP contribution is 2.24. The highest BCUT2D eigenvalue weighted by Gasteiger charge is 2.20. The maximum Gasteiger partial charge on any atom is 0.276 e. The number of aromatic nitrogens is 3. The van der Waals surface area contributed by atoms with E-state index in [-0.39, 0.29) is 11.7 Å². The van der Waals surface area contributed by atoms with Gasteiger partial charge >= 0.3 is 0 Å². The Morgan fingerprint density at radius 3 is 2.63 bits per heavy atom. The van der Waals surface area contributed by atoms with E-state index in [1.165, 1.54) is 13.1 Å². The summed E-state index contributed by atoms with van der Waals surface area (Å²) in [4.78, 5) is 28.8. The predicted molar refractivity (Wildman–Crippen MR) is 101 cm³/mol. The van der Waals surface area contributed by atoms with Gasteiger partial charge in [-0.25, -0.2) is 9.67 Å². The van der Waals surface area contributed by atoms with Crippen LogP contribution in [0.4, 0.5) is 5.13 Å². The van der Waals surface area contributed by atoms with E-state index in [0.29, 0.717) is 27.2 Å². The van der Waals surface area contributed by atoms with Gasteiger partial charge in [0.1, 0.15) is 11.4 Å². The van der Waals surface area contributed by atoms with Crippen LogP contribution in [0.1, 0.15) is 27.1 Å². The normalized spacial score (nSPS) is 10.7. The standard InChI is InChI=1S/C19H14N4O3S/c1-12(24)17-11-20-19(27-17)21-18(25)15-10-14(16-8-5-9-26-16)22-23(15)13-6-3-2-4-7-13/h2-11H,1H3,(H,20,21,25). The summed E-state index contributed by atoms with van der Waals surface area (Å²) in [6, 6.07) is 14.5. The number of rotatable bonds is 5. The number of amides is 1. The first-order valence-electron chi connectivity index (χ1n) is 8.09. The Labute approximate surface area is 158 Å². The molecule has 0 saturated carbocycles. The smallest absolute Gasteiger partial charge is 0.276 e. The lowest BCUT2D eigenvalue weighted by atomic mass is 10.2. The number of thiazole rings is 1. The molecule has 3 heterocycles. The number of ketones is 1. The molecule has 27 heavy (non-hydrogen) atoms. The molecular weight excluding hydrogens is 364 g/mol. The molecule has 0 atom stereocenters. The molecule has 1 aromatic carbocycles. The molecular formula is C19H14N4O3S. The molecule has 134 valence electrons. The van der Waals surface area contributed by atoms with Crippen LogP contribution in [-0.2, 0) is 0 Å². The lowest BCUT2D eigenvalue weighted by molar-refractivity contribution is 0.101. The molecule has 1 N–H and O–H groups in total. The molecule has 8 heteroatoms. The zero-order valence-electron chi connectivity index (χ0n) is 14.2. The number of carbonyl (C=O) groups is 2. The van der Waals surface area contributed by atoms with Crippen LogP contribution in [-0.4, -0.2) is 26.5 Å². The van der Waals surface area contributed by atoms with Crippen LogP contribution in [0.15, 0.2) is 65.4 Å². The number of carbonyl (C=O) groups excluding carboxylic acids is 2. The van der Waals surface area contributed by atoms with Gasteiger partial charge in [0.15, 0.2) is 16.7 Å². The molecule has 0 bridgehead atoms. The van der Waals surface area contributed by atoms with E-state index < -0.39 is 0 Å². The Morgan fingerprint density at radius 2 is 1.96 bits per heavy atom. The SMILES string of the molecule is CC(=O)c1cnc(NC(=O)c2cc(-c3ccco3)nn2-c2ccccc2)s1. The number of furan rings is 1. The maximum absolute atomic E-state index is 12.8. The van der Waals surface area contributed by atoms with Crippen LogP contribution in [0, 0.1) is 0 Å². The van der Waals surface area contributed by atoms with Crippen molar-refractivity contribution in [3.63, 3.8) is 0 Å². The van der Waals surface area contributed by atoms with Crippen LogP contribution < -0.4 is 5.32 Å². The van der Waals surface area contributed by atoms with Crippen molar-refractivity contribution in [3.8, 4) is 17.1 Å². The number of para-hydroxylation sites is 1. The second-order valence-corrected chi connectivity index (χ2v) is 6.71. The monoisotopic (exact) mass is 378 g/mol. The minimum Gasteiger partial charge on any atom is -0.463 e. The maximum atomic E-state index is 12.8. The first-order valence-corrected chi connectivity index (χ1v) is 8.91. The van der Waals surface area contributed by atoms with Crippen LogP contribution >= 0.6 is 11.3 Å². The molecule has 0 spiro atoms. The van der Waals surface area contributed by atoms with Crippen molar-refractivity contribution in [2.75, 3.05) is 5.32 Å². The number of nitrogens with one attached hydrogen (secondary N) is 1. The molecule has 0 saturated heterocycles. The molecule has 3 aromatic heterocycles. The van der Waals surface area contributed by atoms with Gasteiger partial charge in [0.25, 0.3) is 5.91 Å². The minimum absolute atomic E-state index is 0.0950. The van der Waals surface area contributed by atoms with Crippen molar-refractivity contribution < 1.29 is 14.0 Å². The Morgan fingerprint density at radius 1 is 1.15 bits per heavy atom. The zero-order chi connectivity index (χ0) is 18.8. The minimum atomic E-state index is -0.381. The van der Waals surface area contributed by atoms with Gasteiger partial charge in [0, 0.05) is 13.0 Å². The van der Waals surface area contributed by atoms with Gasteiger partial charge in [-0.2, -0.15) is 5.10 Å². The van der Waals surface area contributed by atoms with Crippen molar-refractivity contribution in [2.45, 2.75) is 6.92 Å². The summed E-state index contributed by atoms with van der Waals surface area (Å²) >= 11 is 1.13. The highest BCUT2D eigenvalue weighted by molar-refractivity contribution is 7.17. The summed E-state index contributed by atoms with van der Waals surface area (Å²) in [5, 5.41) is 7.59. The third kappa shape index (κ3) is 3.42. The van der Waals surface area contributed by atoms with Crippen LogP contribution in [0.25, 0.3) is 17.1 Å². The number of benzene rings is 1. The van der Waals surface area contributed by atoms with E-state index >= 15 is 0 Å². The number of nitrogens with zero attached hydrogens (tertiary/aromatic N) is 3. The van der Waals surface area contributed by atoms with Gasteiger partial charge in [-0.05, 0) is 24.3 Å². The lowest BCUT2D eigenvalue weighted by Gasteiger charge is -2.06. The molecule has 4 aromatic rings. The van der Waals surface area contributed by atoms with Gasteiger partial charge in [0.05, 0.1) is 23.0 Å². The number of anilines is 1. The third-order valence-electron chi connectivity index (χ3n) is 3.79. The second kappa shape index (κ2) is 7.00. The number of hydrogen-bond acceptors (Lipinski definition) is 6. The molecule has 1 amide bonds. The average molecular weight is 378 g/mol. The largest absolute Gasteiger partial charge is 0.463 e. The van der Waals surface area contributed by atoms with E-state index in [1.54, 1.807) is 29.1 Å². The molecule has 7 nitrogen and oxygen atoms in total. The van der Waals surface area contributed by atoms with Crippen molar-refractivity contribution >= 4 is 28.2 Å². The predicted octanol–water partition coefficient (Wildman–Crippen LogP) is 4.04. The van der Waals surface area contributed by atoms with Gasteiger partial charge in [0.2, 0.25) is 0 Å². The first kappa shape index (κ1) is 16.9. The summed E-state index contributed by atoms with van der Waals surface area (Å²) in [6.45, 7) is 1.46. The molecule has 0 aliphatic heterocycles. The molecule has 0 aliphatic carbocycles. The van der Waals surface area contributed by atoms with Gasteiger partial charge < -0.3 is 4.42 Å². The fourth-order valence-electron chi connectivity index (χ4n) is 2.51. The van der Waals surface area contributed by atoms with Gasteiger partial charge in [-0.3, -0.25) is 14.9 Å². The quantitative estimate of drug-likeness (QED) is 0.529. The zero-order valence-corrected chi connectivity index (χ0v) is 15.1. The Hall–Kier alpha value is -3.52. The summed E-state index contributed by atoms with van der Waals surface area (Å²) in [7, 11) is 0. The average Bonchev–Trinajstić information content (AvgIpc) is 3.42. The van der Waals surface area contributed by atoms with Crippen molar-refractivity contribution in [3.05, 3.63) is 71.6 Å². The molecule has 0 aliphatic rings. The number of Topliss-reactive ketones (excluding diaryl/α,β-unsaturated/α-hetero) is 1. The second-order valence-electron chi connectivity index (χ2n) is 5.68. The first-order chi connectivity index (χ1) is 13.1. The Balaban J connectivity index is 1.71. The van der Waals surface area contributed by atoms with Gasteiger partial charge in [-0.1, -0.05) is 29.5 Å². The molecule has 0 unspecified atom stereocenters. The van der Waals surface area contributed by atoms with Crippen molar-refractivity contribution in [1.29, 1.82) is 0 Å². The molecule has 0 radical (unpaired) electrons. The van der Waals surface area contributed by atoms with E-state index in [9.17, 15) is 9.59 Å². The summed E-state index contributed by atoms with van der Waals surface area (Å²) in [5.41, 5.74) is 1.61. The van der Waals surface area contributed by atoms with Crippen LogP contribution in [0.3, 0.4) is 0 Å². The molecule has 4 rings (SSSR count). The summed E-state index contributed by atoms with van der Waals surface area (Å²) in [5.74, 6) is 0.0860. The fraction of sp³-hybridized carbons (Fsp3) is 0.0526. The van der Waals surface area contributed by atoms with E-state index in [0.717, 1.165) is 17.0 Å². The van der Waals surface area contributed by atoms with E-state index in [2.05, 4.69) is 15.4 Å². The van der Waals surface area contributed by atoms with E-state index in [4.69, 9.17) is 4.42 Å². The van der Waals surface area contributed by atoms with Crippen molar-refractivity contribution in [1.82, 2.24) is 14.8 Å². The third-order valence-corrected chi connectivity index (χ3v) is 4.80. The highest BCUT2D eigenvalue weighted by atomic mass is 32.1. The number of hydrogen-bond donors (Lipinski definition) is 1. The summed E-state index contributed by atoms with van der Waals surface area (Å²) < 4.78 is 6.94.